The second-order valence-electron chi connectivity index (χ2n) is 6.17. The number of benzene rings is 2. The van der Waals surface area contributed by atoms with Crippen LogP contribution in [0, 0.1) is 6.92 Å². The van der Waals surface area contributed by atoms with Gasteiger partial charge in [-0.25, -0.2) is 0 Å². The Morgan fingerprint density at radius 1 is 1.14 bits per heavy atom. The highest BCUT2D eigenvalue weighted by atomic mass is 35.5. The zero-order valence-corrected chi connectivity index (χ0v) is 17.4. The lowest BCUT2D eigenvalue weighted by Crippen LogP contribution is -2.32. The molecule has 0 bridgehead atoms. The number of ether oxygens (including phenoxy) is 1. The van der Waals surface area contributed by atoms with Crippen LogP contribution in [0.15, 0.2) is 65.1 Å². The maximum Gasteiger partial charge on any atom is 0.250 e. The van der Waals surface area contributed by atoms with E-state index in [-0.39, 0.29) is 11.0 Å². The van der Waals surface area contributed by atoms with Gasteiger partial charge in [-0.05, 0) is 73.2 Å². The predicted octanol–water partition coefficient (Wildman–Crippen LogP) is 5.44. The molecule has 0 spiro atoms. The number of anilines is 1. The molecule has 0 unspecified atom stereocenters. The summed E-state index contributed by atoms with van der Waals surface area (Å²) in [5, 5.41) is 6.38. The molecular weight excluding hydrogens is 408 g/mol. The van der Waals surface area contributed by atoms with Crippen LogP contribution in [0.25, 0.3) is 17.4 Å². The van der Waals surface area contributed by atoms with Crippen LogP contribution in [-0.4, -0.2) is 18.1 Å². The van der Waals surface area contributed by atoms with Gasteiger partial charge in [-0.15, -0.1) is 0 Å². The standard InChI is InChI=1S/C22H19ClN2O3S/c1-14-3-4-15(13-19(14)23)20-11-9-18(28-20)10-12-21(26)25-22(29)24-16-5-7-17(27-2)8-6-16/h3-13H,1-2H3,(H2,24,25,26,29)/b12-10+. The zero-order valence-electron chi connectivity index (χ0n) is 15.9. The van der Waals surface area contributed by atoms with Gasteiger partial charge < -0.3 is 14.5 Å². The minimum atomic E-state index is -0.368. The lowest BCUT2D eigenvalue weighted by Gasteiger charge is -2.08. The summed E-state index contributed by atoms with van der Waals surface area (Å²) in [5.41, 5.74) is 2.61. The SMILES string of the molecule is COc1ccc(NC(=S)NC(=O)/C=C/c2ccc(-c3ccc(C)c(Cl)c3)o2)cc1. The van der Waals surface area contributed by atoms with Crippen LogP contribution in [0.5, 0.6) is 5.75 Å². The molecule has 2 N–H and O–H groups in total. The normalized spacial score (nSPS) is 10.7. The quantitative estimate of drug-likeness (QED) is 0.420. The van der Waals surface area contributed by atoms with Crippen molar-refractivity contribution in [1.82, 2.24) is 5.32 Å². The van der Waals surface area contributed by atoms with E-state index in [1.165, 1.54) is 6.08 Å². The largest absolute Gasteiger partial charge is 0.497 e. The molecule has 0 atom stereocenters. The molecule has 0 saturated carbocycles. The molecule has 0 saturated heterocycles. The first-order chi connectivity index (χ1) is 13.9. The average molecular weight is 427 g/mol. The lowest BCUT2D eigenvalue weighted by molar-refractivity contribution is -0.115. The topological polar surface area (TPSA) is 63.5 Å². The Labute approximate surface area is 179 Å². The van der Waals surface area contributed by atoms with E-state index >= 15 is 0 Å². The number of hydrogen-bond donors (Lipinski definition) is 2. The summed E-state index contributed by atoms with van der Waals surface area (Å²) < 4.78 is 10.9. The molecule has 0 aliphatic rings. The molecular formula is C22H19ClN2O3S. The molecule has 148 valence electrons. The van der Waals surface area contributed by atoms with Crippen LogP contribution in [-0.2, 0) is 4.79 Å². The van der Waals surface area contributed by atoms with E-state index in [0.29, 0.717) is 16.5 Å². The Morgan fingerprint density at radius 2 is 1.90 bits per heavy atom. The van der Waals surface area contributed by atoms with Gasteiger partial charge in [0.05, 0.1) is 7.11 Å². The van der Waals surface area contributed by atoms with Crippen molar-refractivity contribution in [3.8, 4) is 17.1 Å². The molecule has 1 amide bonds. The van der Waals surface area contributed by atoms with E-state index in [4.69, 9.17) is 33.0 Å². The van der Waals surface area contributed by atoms with E-state index in [1.807, 2.05) is 31.2 Å². The van der Waals surface area contributed by atoms with Gasteiger partial charge in [0.1, 0.15) is 17.3 Å². The minimum Gasteiger partial charge on any atom is -0.497 e. The van der Waals surface area contributed by atoms with Crippen LogP contribution < -0.4 is 15.4 Å². The van der Waals surface area contributed by atoms with Crippen molar-refractivity contribution in [2.24, 2.45) is 0 Å². The van der Waals surface area contributed by atoms with Crippen LogP contribution in [0.3, 0.4) is 0 Å². The van der Waals surface area contributed by atoms with Crippen molar-refractivity contribution in [2.75, 3.05) is 12.4 Å². The summed E-state index contributed by atoms with van der Waals surface area (Å²) in [4.78, 5) is 12.1. The van der Waals surface area contributed by atoms with E-state index in [0.717, 1.165) is 22.6 Å². The van der Waals surface area contributed by atoms with E-state index < -0.39 is 0 Å². The number of furan rings is 1. The Kier molecular flexibility index (Phi) is 6.69. The Morgan fingerprint density at radius 3 is 2.59 bits per heavy atom. The molecule has 5 nitrogen and oxygen atoms in total. The maximum atomic E-state index is 12.1. The lowest BCUT2D eigenvalue weighted by atomic mass is 10.1. The molecule has 0 aliphatic heterocycles. The first-order valence-corrected chi connectivity index (χ1v) is 9.53. The molecule has 3 aromatic rings. The van der Waals surface area contributed by atoms with Gasteiger partial charge in [-0.2, -0.15) is 0 Å². The van der Waals surface area contributed by atoms with Crippen molar-refractivity contribution in [3.63, 3.8) is 0 Å². The molecule has 3 rings (SSSR count). The second-order valence-corrected chi connectivity index (χ2v) is 6.99. The van der Waals surface area contributed by atoms with Crippen molar-refractivity contribution < 1.29 is 13.9 Å². The van der Waals surface area contributed by atoms with E-state index in [9.17, 15) is 4.79 Å². The fourth-order valence-corrected chi connectivity index (χ4v) is 2.89. The van der Waals surface area contributed by atoms with Gasteiger partial charge in [0.25, 0.3) is 0 Å². The summed E-state index contributed by atoms with van der Waals surface area (Å²) in [6.07, 6.45) is 2.93. The van der Waals surface area contributed by atoms with Gasteiger partial charge in [0, 0.05) is 22.3 Å². The van der Waals surface area contributed by atoms with Crippen molar-refractivity contribution in [3.05, 3.63) is 77.0 Å². The summed E-state index contributed by atoms with van der Waals surface area (Å²) in [6.45, 7) is 1.94. The highest BCUT2D eigenvalue weighted by Gasteiger charge is 2.06. The van der Waals surface area contributed by atoms with Crippen molar-refractivity contribution in [2.45, 2.75) is 6.92 Å². The molecule has 1 aromatic heterocycles. The smallest absolute Gasteiger partial charge is 0.250 e. The Bertz CT molecular complexity index is 1060. The number of halogens is 1. The number of aryl methyl sites for hydroxylation is 1. The zero-order chi connectivity index (χ0) is 20.8. The number of carbonyl (C=O) groups excluding carboxylic acids is 1. The van der Waals surface area contributed by atoms with E-state index in [2.05, 4.69) is 10.6 Å². The molecule has 29 heavy (non-hydrogen) atoms. The molecule has 0 fully saturated rings. The van der Waals surface area contributed by atoms with Crippen LogP contribution in [0.1, 0.15) is 11.3 Å². The predicted molar refractivity (Wildman–Crippen MR) is 120 cm³/mol. The minimum absolute atomic E-state index is 0.194. The fraction of sp³-hybridized carbons (Fsp3) is 0.0909. The van der Waals surface area contributed by atoms with Gasteiger partial charge in [0.15, 0.2) is 5.11 Å². The van der Waals surface area contributed by atoms with Crippen LogP contribution in [0.2, 0.25) is 5.02 Å². The molecule has 0 aliphatic carbocycles. The summed E-state index contributed by atoms with van der Waals surface area (Å²) in [7, 11) is 1.59. The number of methoxy groups -OCH3 is 1. The number of carbonyl (C=O) groups is 1. The third kappa shape index (κ3) is 5.70. The summed E-state index contributed by atoms with van der Waals surface area (Å²) in [6, 6.07) is 16.5. The summed E-state index contributed by atoms with van der Waals surface area (Å²) in [5.74, 6) is 1.58. The van der Waals surface area contributed by atoms with E-state index in [1.54, 1.807) is 43.5 Å². The van der Waals surface area contributed by atoms with Gasteiger partial charge >= 0.3 is 0 Å². The van der Waals surface area contributed by atoms with Crippen LogP contribution in [0.4, 0.5) is 5.69 Å². The number of nitrogens with one attached hydrogen (secondary N) is 2. The van der Waals surface area contributed by atoms with Crippen molar-refractivity contribution >= 4 is 46.6 Å². The molecule has 1 heterocycles. The number of amides is 1. The van der Waals surface area contributed by atoms with Gasteiger partial charge in [-0.3, -0.25) is 10.1 Å². The third-order valence-electron chi connectivity index (χ3n) is 4.07. The summed E-state index contributed by atoms with van der Waals surface area (Å²) >= 11 is 11.3. The van der Waals surface area contributed by atoms with Crippen LogP contribution >= 0.6 is 23.8 Å². The second kappa shape index (κ2) is 9.41. The number of thiocarbonyl (C=S) groups is 1. The molecule has 0 radical (unpaired) electrons. The van der Waals surface area contributed by atoms with Crippen molar-refractivity contribution in [1.29, 1.82) is 0 Å². The highest BCUT2D eigenvalue weighted by molar-refractivity contribution is 7.80. The number of hydrogen-bond acceptors (Lipinski definition) is 4. The first kappa shape index (κ1) is 20.6. The average Bonchev–Trinajstić information content (AvgIpc) is 3.18. The Hall–Kier alpha value is -3.09. The van der Waals surface area contributed by atoms with Gasteiger partial charge in [0.2, 0.25) is 5.91 Å². The number of rotatable bonds is 5. The maximum absolute atomic E-state index is 12.1. The highest BCUT2D eigenvalue weighted by Crippen LogP contribution is 2.27. The Balaban J connectivity index is 1.56. The molecule has 2 aromatic carbocycles. The molecule has 7 heteroatoms. The van der Waals surface area contributed by atoms with Gasteiger partial charge in [-0.1, -0.05) is 23.7 Å². The monoisotopic (exact) mass is 426 g/mol. The fourth-order valence-electron chi connectivity index (χ4n) is 2.49. The first-order valence-electron chi connectivity index (χ1n) is 8.75. The third-order valence-corrected chi connectivity index (χ3v) is 4.68.